The number of esters is 1. The molecule has 0 unspecified atom stereocenters. The lowest BCUT2D eigenvalue weighted by Gasteiger charge is -2.15. The number of oxime groups is 1. The molecule has 2 aromatic rings. The topological polar surface area (TPSA) is 153 Å². The van der Waals surface area contributed by atoms with Crippen LogP contribution in [0.5, 0.6) is 0 Å². The van der Waals surface area contributed by atoms with Crippen LogP contribution in [-0.4, -0.2) is 53.9 Å². The van der Waals surface area contributed by atoms with Gasteiger partial charge in [-0.25, -0.2) is 9.78 Å². The van der Waals surface area contributed by atoms with E-state index in [-0.39, 0.29) is 28.9 Å². The van der Waals surface area contributed by atoms with Crippen molar-refractivity contribution in [1.29, 1.82) is 0 Å². The Balaban J connectivity index is 2.00. The molecule has 0 saturated carbocycles. The van der Waals surface area contributed by atoms with Crippen LogP contribution in [-0.2, 0) is 30.4 Å². The zero-order valence-corrected chi connectivity index (χ0v) is 19.0. The highest BCUT2D eigenvalue weighted by molar-refractivity contribution is 7.13. The van der Waals surface area contributed by atoms with Crippen molar-refractivity contribution >= 4 is 40.0 Å². The molecule has 0 fully saturated rings. The lowest BCUT2D eigenvalue weighted by molar-refractivity contribution is -0.141. The predicted octanol–water partition coefficient (Wildman–Crippen LogP) is 1.58. The van der Waals surface area contributed by atoms with Gasteiger partial charge in [-0.2, -0.15) is 0 Å². The smallest absolute Gasteiger partial charge is 0.326 e. The Morgan fingerprint density at radius 1 is 1.27 bits per heavy atom. The van der Waals surface area contributed by atoms with E-state index in [0.29, 0.717) is 24.8 Å². The predicted molar refractivity (Wildman–Crippen MR) is 123 cm³/mol. The Hall–Kier alpha value is -3.91. The quantitative estimate of drug-likeness (QED) is 0.155. The number of nitrogens with one attached hydrogen (secondary N) is 1. The first-order valence-corrected chi connectivity index (χ1v) is 10.7. The largest absolute Gasteiger partial charge is 0.480 e. The van der Waals surface area contributed by atoms with E-state index >= 15 is 0 Å². The van der Waals surface area contributed by atoms with Gasteiger partial charge in [-0.15, -0.1) is 11.3 Å². The molecule has 0 bridgehead atoms. The number of carboxylic acids is 1. The molecular weight excluding hydrogens is 448 g/mol. The second-order valence-electron chi connectivity index (χ2n) is 6.69. The normalized spacial score (nSPS) is 11.6. The zero-order chi connectivity index (χ0) is 24.2. The number of unbranched alkanes of at least 4 members (excludes halogenated alkanes) is 1. The molecule has 0 radical (unpaired) electrons. The van der Waals surface area contributed by atoms with Gasteiger partial charge in [0.2, 0.25) is 0 Å². The molecule has 0 aliphatic rings. The number of aliphatic carboxylic acids is 1. The molecule has 11 heteroatoms. The van der Waals surface area contributed by atoms with Gasteiger partial charge in [0.15, 0.2) is 10.8 Å². The SMILES string of the molecule is CO/N=C(/C(=O)N[C@@H](Cc1ccc(C#CCCCC(=O)OC)cc1)C(=O)O)c1csc(N)n1. The van der Waals surface area contributed by atoms with E-state index in [4.69, 9.17) is 10.6 Å². The molecule has 0 saturated heterocycles. The molecule has 1 atom stereocenters. The molecule has 2 rings (SSSR count). The van der Waals surface area contributed by atoms with E-state index in [1.165, 1.54) is 19.6 Å². The fourth-order valence-electron chi connectivity index (χ4n) is 2.67. The molecule has 1 aromatic heterocycles. The van der Waals surface area contributed by atoms with Gasteiger partial charge >= 0.3 is 11.9 Å². The van der Waals surface area contributed by atoms with Crippen molar-refractivity contribution in [2.24, 2.45) is 5.16 Å². The number of aromatic nitrogens is 1. The molecule has 0 aliphatic heterocycles. The van der Waals surface area contributed by atoms with E-state index in [2.05, 4.69) is 32.0 Å². The second kappa shape index (κ2) is 12.8. The van der Waals surface area contributed by atoms with Gasteiger partial charge < -0.3 is 25.7 Å². The second-order valence-corrected chi connectivity index (χ2v) is 7.58. The number of nitrogens with zero attached hydrogens (tertiary/aromatic N) is 2. The molecule has 0 aliphatic carbocycles. The highest BCUT2D eigenvalue weighted by atomic mass is 32.1. The van der Waals surface area contributed by atoms with Crippen LogP contribution in [0.1, 0.15) is 36.1 Å². The van der Waals surface area contributed by atoms with Gasteiger partial charge in [0.1, 0.15) is 18.8 Å². The summed E-state index contributed by atoms with van der Waals surface area (Å²) in [4.78, 5) is 44.1. The minimum Gasteiger partial charge on any atom is -0.480 e. The molecular formula is C22H24N4O6S. The number of benzene rings is 1. The number of thiazole rings is 1. The number of methoxy groups -OCH3 is 1. The third kappa shape index (κ3) is 8.27. The number of nitrogen functional groups attached to an aromatic ring is 1. The number of anilines is 1. The van der Waals surface area contributed by atoms with Crippen molar-refractivity contribution in [1.82, 2.24) is 10.3 Å². The highest BCUT2D eigenvalue weighted by Gasteiger charge is 2.25. The van der Waals surface area contributed by atoms with Gasteiger partial charge in [-0.05, 0) is 24.1 Å². The van der Waals surface area contributed by atoms with Crippen molar-refractivity contribution < 1.29 is 29.1 Å². The van der Waals surface area contributed by atoms with Crippen molar-refractivity contribution in [3.8, 4) is 11.8 Å². The van der Waals surface area contributed by atoms with Gasteiger partial charge in [-0.1, -0.05) is 29.1 Å². The van der Waals surface area contributed by atoms with Crippen molar-refractivity contribution in [2.75, 3.05) is 20.0 Å². The average Bonchev–Trinajstić information content (AvgIpc) is 3.23. The Labute approximate surface area is 194 Å². The van der Waals surface area contributed by atoms with Crippen LogP contribution in [0.2, 0.25) is 0 Å². The maximum atomic E-state index is 12.6. The van der Waals surface area contributed by atoms with Gasteiger partial charge in [0.25, 0.3) is 5.91 Å². The minimum absolute atomic E-state index is 0.0490. The third-order valence-electron chi connectivity index (χ3n) is 4.30. The van der Waals surface area contributed by atoms with Crippen LogP contribution in [0.3, 0.4) is 0 Å². The van der Waals surface area contributed by atoms with E-state index in [1.807, 2.05) is 0 Å². The van der Waals surface area contributed by atoms with Crippen molar-refractivity contribution in [3.05, 3.63) is 46.5 Å². The summed E-state index contributed by atoms with van der Waals surface area (Å²) in [5.41, 5.74) is 7.07. The number of ether oxygens (including phenoxy) is 1. The first kappa shape index (κ1) is 25.4. The summed E-state index contributed by atoms with van der Waals surface area (Å²) in [5.74, 6) is 3.75. The molecule has 1 aromatic carbocycles. The number of hydrogen-bond acceptors (Lipinski definition) is 9. The first-order valence-electron chi connectivity index (χ1n) is 9.84. The van der Waals surface area contributed by atoms with Crippen molar-refractivity contribution in [3.63, 3.8) is 0 Å². The Kier molecular flexibility index (Phi) is 9.85. The molecule has 10 nitrogen and oxygen atoms in total. The Morgan fingerprint density at radius 2 is 2.00 bits per heavy atom. The van der Waals surface area contributed by atoms with Crippen LogP contribution in [0.25, 0.3) is 0 Å². The van der Waals surface area contributed by atoms with Gasteiger partial charge in [0.05, 0.1) is 7.11 Å². The summed E-state index contributed by atoms with van der Waals surface area (Å²) >= 11 is 1.12. The number of amides is 1. The fourth-order valence-corrected chi connectivity index (χ4v) is 3.21. The molecule has 33 heavy (non-hydrogen) atoms. The molecule has 4 N–H and O–H groups in total. The minimum atomic E-state index is -1.20. The van der Waals surface area contributed by atoms with Crippen LogP contribution < -0.4 is 11.1 Å². The molecule has 1 amide bonds. The van der Waals surface area contributed by atoms with Gasteiger partial charge in [0, 0.05) is 30.2 Å². The number of rotatable bonds is 10. The summed E-state index contributed by atoms with van der Waals surface area (Å²) < 4.78 is 4.57. The fraction of sp³-hybridized carbons (Fsp3) is 0.318. The maximum absolute atomic E-state index is 12.6. The average molecular weight is 473 g/mol. The summed E-state index contributed by atoms with van der Waals surface area (Å²) in [6.07, 6.45) is 1.53. The summed E-state index contributed by atoms with van der Waals surface area (Å²) in [6, 6.07) is 5.81. The lowest BCUT2D eigenvalue weighted by Crippen LogP contribution is -2.45. The number of nitrogens with two attached hydrogens (primary N) is 1. The number of carbonyl (C=O) groups excluding carboxylic acids is 2. The zero-order valence-electron chi connectivity index (χ0n) is 18.2. The molecule has 0 spiro atoms. The van der Waals surface area contributed by atoms with E-state index < -0.39 is 17.9 Å². The van der Waals surface area contributed by atoms with Crippen LogP contribution in [0.15, 0.2) is 34.8 Å². The van der Waals surface area contributed by atoms with Crippen LogP contribution in [0, 0.1) is 11.8 Å². The summed E-state index contributed by atoms with van der Waals surface area (Å²) in [6.45, 7) is 0. The number of carbonyl (C=O) groups is 3. The Bertz CT molecular complexity index is 1070. The Morgan fingerprint density at radius 3 is 2.58 bits per heavy atom. The standard InChI is InChI=1S/C22H24N4O6S/c1-31-18(27)7-5-3-4-6-14-8-10-15(11-9-14)12-16(21(29)30)24-20(28)19(26-32-2)17-13-33-22(23)25-17/h8-11,13,16H,3,5,7,12H2,1-2H3,(H2,23,25)(H,24,28)(H,29,30)/b26-19+/t16-/m0/s1. The van der Waals surface area contributed by atoms with Crippen LogP contribution in [0.4, 0.5) is 5.13 Å². The third-order valence-corrected chi connectivity index (χ3v) is 4.98. The lowest BCUT2D eigenvalue weighted by atomic mass is 10.0. The summed E-state index contributed by atoms with van der Waals surface area (Å²) in [7, 11) is 2.61. The highest BCUT2D eigenvalue weighted by Crippen LogP contribution is 2.13. The maximum Gasteiger partial charge on any atom is 0.326 e. The summed E-state index contributed by atoms with van der Waals surface area (Å²) in [5, 5.41) is 17.4. The number of carboxylic acid groups (broad SMARTS) is 1. The van der Waals surface area contributed by atoms with Crippen molar-refractivity contribution in [2.45, 2.75) is 31.7 Å². The van der Waals surface area contributed by atoms with E-state index in [0.717, 1.165) is 16.9 Å². The van der Waals surface area contributed by atoms with Gasteiger partial charge in [-0.3, -0.25) is 9.59 Å². The first-order chi connectivity index (χ1) is 15.8. The molecule has 174 valence electrons. The van der Waals surface area contributed by atoms with E-state index in [9.17, 15) is 19.5 Å². The van der Waals surface area contributed by atoms with E-state index in [1.54, 1.807) is 24.3 Å². The monoisotopic (exact) mass is 472 g/mol. The number of hydrogen-bond donors (Lipinski definition) is 3. The molecule has 1 heterocycles. The van der Waals surface area contributed by atoms with Crippen LogP contribution >= 0.6 is 11.3 Å².